The number of ether oxygens (including phenoxy) is 2. The van der Waals surface area contributed by atoms with Crippen molar-refractivity contribution < 1.29 is 14.3 Å². The van der Waals surface area contributed by atoms with Crippen LogP contribution in [-0.2, 0) is 22.6 Å². The SMILES string of the molecule is CC(Oc1cccc(Cl)c1)C(=O)Nc1n[nH]c2c1COCC2. The smallest absolute Gasteiger partial charge is 0.266 e. The van der Waals surface area contributed by atoms with Gasteiger partial charge in [-0.1, -0.05) is 17.7 Å². The predicted octanol–water partition coefficient (Wildman–Crippen LogP) is 2.54. The molecule has 1 amide bonds. The van der Waals surface area contributed by atoms with Crippen LogP contribution < -0.4 is 10.1 Å². The van der Waals surface area contributed by atoms with Crippen molar-refractivity contribution in [1.82, 2.24) is 10.2 Å². The zero-order valence-electron chi connectivity index (χ0n) is 12.1. The molecule has 1 aliphatic rings. The minimum atomic E-state index is -0.671. The highest BCUT2D eigenvalue weighted by atomic mass is 35.5. The Bertz CT molecular complexity index is 686. The summed E-state index contributed by atoms with van der Waals surface area (Å²) in [6.45, 7) is 2.79. The summed E-state index contributed by atoms with van der Waals surface area (Å²) in [5.74, 6) is 0.767. The van der Waals surface area contributed by atoms with Gasteiger partial charge in [-0.05, 0) is 25.1 Å². The van der Waals surface area contributed by atoms with Crippen molar-refractivity contribution in [3.05, 3.63) is 40.5 Å². The first-order chi connectivity index (χ1) is 10.6. The highest BCUT2D eigenvalue weighted by molar-refractivity contribution is 6.30. The van der Waals surface area contributed by atoms with E-state index >= 15 is 0 Å². The number of halogens is 1. The van der Waals surface area contributed by atoms with Gasteiger partial charge in [0.15, 0.2) is 11.9 Å². The zero-order valence-corrected chi connectivity index (χ0v) is 12.8. The maximum absolute atomic E-state index is 12.2. The third-order valence-corrected chi connectivity index (χ3v) is 3.65. The largest absolute Gasteiger partial charge is 0.481 e. The predicted molar refractivity (Wildman–Crippen MR) is 82.1 cm³/mol. The van der Waals surface area contributed by atoms with Crippen molar-refractivity contribution in [1.29, 1.82) is 0 Å². The molecule has 2 aromatic rings. The van der Waals surface area contributed by atoms with Crippen LogP contribution in [0.2, 0.25) is 5.02 Å². The Morgan fingerprint density at radius 1 is 1.55 bits per heavy atom. The molecule has 7 heteroatoms. The molecule has 3 rings (SSSR count). The lowest BCUT2D eigenvalue weighted by atomic mass is 10.1. The lowest BCUT2D eigenvalue weighted by molar-refractivity contribution is -0.122. The maximum atomic E-state index is 12.2. The topological polar surface area (TPSA) is 76.2 Å². The molecule has 1 aromatic heterocycles. The van der Waals surface area contributed by atoms with Crippen LogP contribution in [0.1, 0.15) is 18.2 Å². The molecule has 0 saturated heterocycles. The van der Waals surface area contributed by atoms with Crippen LogP contribution in [0, 0.1) is 0 Å². The number of amides is 1. The van der Waals surface area contributed by atoms with Crippen molar-refractivity contribution in [2.24, 2.45) is 0 Å². The summed E-state index contributed by atoms with van der Waals surface area (Å²) in [6, 6.07) is 6.92. The van der Waals surface area contributed by atoms with Gasteiger partial charge in [-0.15, -0.1) is 0 Å². The van der Waals surface area contributed by atoms with E-state index in [2.05, 4.69) is 15.5 Å². The normalized spacial score (nSPS) is 15.0. The van der Waals surface area contributed by atoms with Gasteiger partial charge in [0.1, 0.15) is 5.75 Å². The number of carbonyl (C=O) groups excluding carboxylic acids is 1. The number of nitrogens with zero attached hydrogens (tertiary/aromatic N) is 1. The van der Waals surface area contributed by atoms with E-state index in [0.29, 0.717) is 29.8 Å². The number of fused-ring (bicyclic) bond motifs is 1. The maximum Gasteiger partial charge on any atom is 0.266 e. The molecule has 0 radical (unpaired) electrons. The van der Waals surface area contributed by atoms with Crippen molar-refractivity contribution >= 4 is 23.3 Å². The van der Waals surface area contributed by atoms with Crippen LogP contribution >= 0.6 is 11.6 Å². The summed E-state index contributed by atoms with van der Waals surface area (Å²) in [5.41, 5.74) is 1.90. The first-order valence-electron chi connectivity index (χ1n) is 7.00. The Hall–Kier alpha value is -2.05. The summed E-state index contributed by atoms with van der Waals surface area (Å²) < 4.78 is 11.0. The Kier molecular flexibility index (Phi) is 4.31. The minimum Gasteiger partial charge on any atom is -0.481 e. The van der Waals surface area contributed by atoms with Crippen LogP contribution in [0.3, 0.4) is 0 Å². The second-order valence-electron chi connectivity index (χ2n) is 5.04. The summed E-state index contributed by atoms with van der Waals surface area (Å²) >= 11 is 5.89. The Morgan fingerprint density at radius 3 is 3.23 bits per heavy atom. The standard InChI is InChI=1S/C15H16ClN3O3/c1-9(22-11-4-2-3-10(16)7-11)15(20)17-14-12-8-21-6-5-13(12)18-19-14/h2-4,7,9H,5-6,8H2,1H3,(H2,17,18,19,20). The molecule has 0 aliphatic carbocycles. The molecular formula is C15H16ClN3O3. The van der Waals surface area contributed by atoms with Crippen molar-refractivity contribution in [3.8, 4) is 5.75 Å². The number of benzene rings is 1. The number of rotatable bonds is 4. The molecule has 0 bridgehead atoms. The molecule has 1 atom stereocenters. The van der Waals surface area contributed by atoms with E-state index in [1.54, 1.807) is 31.2 Å². The van der Waals surface area contributed by atoms with Crippen molar-refractivity contribution in [2.75, 3.05) is 11.9 Å². The van der Waals surface area contributed by atoms with E-state index in [4.69, 9.17) is 21.1 Å². The number of H-pyrrole nitrogens is 1. The number of hydrogen-bond donors (Lipinski definition) is 2. The average molecular weight is 322 g/mol. The first kappa shape index (κ1) is 14.9. The summed E-state index contributed by atoms with van der Waals surface area (Å²) in [6.07, 6.45) is 0.0996. The molecule has 1 aromatic carbocycles. The van der Waals surface area contributed by atoms with E-state index in [0.717, 1.165) is 17.7 Å². The Labute approximate surface area is 132 Å². The molecular weight excluding hydrogens is 306 g/mol. The number of aromatic amines is 1. The molecule has 2 heterocycles. The third kappa shape index (κ3) is 3.23. The number of hydrogen-bond acceptors (Lipinski definition) is 4. The fourth-order valence-electron chi connectivity index (χ4n) is 2.23. The average Bonchev–Trinajstić information content (AvgIpc) is 2.90. The van der Waals surface area contributed by atoms with E-state index in [1.807, 2.05) is 0 Å². The lowest BCUT2D eigenvalue weighted by Crippen LogP contribution is -2.30. The van der Waals surface area contributed by atoms with Gasteiger partial charge in [-0.2, -0.15) is 5.10 Å². The molecule has 22 heavy (non-hydrogen) atoms. The van der Waals surface area contributed by atoms with Crippen LogP contribution in [0.5, 0.6) is 5.75 Å². The summed E-state index contributed by atoms with van der Waals surface area (Å²) in [5, 5.41) is 10.4. The minimum absolute atomic E-state index is 0.278. The quantitative estimate of drug-likeness (QED) is 0.907. The molecule has 0 fully saturated rings. The van der Waals surface area contributed by atoms with Gasteiger partial charge in [-0.25, -0.2) is 0 Å². The molecule has 116 valence electrons. The van der Waals surface area contributed by atoms with Gasteiger partial charge in [0.25, 0.3) is 5.91 Å². The molecule has 6 nitrogen and oxygen atoms in total. The van der Waals surface area contributed by atoms with Crippen LogP contribution in [0.15, 0.2) is 24.3 Å². The Morgan fingerprint density at radius 2 is 2.41 bits per heavy atom. The van der Waals surface area contributed by atoms with E-state index in [1.165, 1.54) is 0 Å². The highest BCUT2D eigenvalue weighted by Crippen LogP contribution is 2.23. The second kappa shape index (κ2) is 6.37. The van der Waals surface area contributed by atoms with Crippen LogP contribution in [0.25, 0.3) is 0 Å². The van der Waals surface area contributed by atoms with Gasteiger partial charge in [0, 0.05) is 22.7 Å². The van der Waals surface area contributed by atoms with Crippen molar-refractivity contribution in [2.45, 2.75) is 26.1 Å². The molecule has 2 N–H and O–H groups in total. The molecule has 1 aliphatic heterocycles. The Balaban J connectivity index is 1.65. The second-order valence-corrected chi connectivity index (χ2v) is 5.48. The lowest BCUT2D eigenvalue weighted by Gasteiger charge is -2.16. The zero-order chi connectivity index (χ0) is 15.5. The molecule has 0 spiro atoms. The van der Waals surface area contributed by atoms with Gasteiger partial charge in [0.2, 0.25) is 0 Å². The number of nitrogens with one attached hydrogen (secondary N) is 2. The molecule has 1 unspecified atom stereocenters. The van der Waals surface area contributed by atoms with E-state index < -0.39 is 6.10 Å². The fraction of sp³-hybridized carbons (Fsp3) is 0.333. The number of carbonyl (C=O) groups is 1. The monoisotopic (exact) mass is 321 g/mol. The first-order valence-corrected chi connectivity index (χ1v) is 7.38. The number of anilines is 1. The summed E-state index contributed by atoms with van der Waals surface area (Å²) in [7, 11) is 0. The van der Waals surface area contributed by atoms with Crippen molar-refractivity contribution in [3.63, 3.8) is 0 Å². The van der Waals surface area contributed by atoms with E-state index in [9.17, 15) is 4.79 Å². The van der Waals surface area contributed by atoms with Gasteiger partial charge >= 0.3 is 0 Å². The van der Waals surface area contributed by atoms with Gasteiger partial charge < -0.3 is 14.8 Å². The molecule has 0 saturated carbocycles. The third-order valence-electron chi connectivity index (χ3n) is 3.42. The van der Waals surface area contributed by atoms with Crippen LogP contribution in [0.4, 0.5) is 5.82 Å². The summed E-state index contributed by atoms with van der Waals surface area (Å²) in [4.78, 5) is 12.2. The highest BCUT2D eigenvalue weighted by Gasteiger charge is 2.21. The van der Waals surface area contributed by atoms with Crippen LogP contribution in [-0.4, -0.2) is 28.8 Å². The van der Waals surface area contributed by atoms with Gasteiger partial charge in [0.05, 0.1) is 13.2 Å². The number of aromatic nitrogens is 2. The van der Waals surface area contributed by atoms with E-state index in [-0.39, 0.29) is 5.91 Å². The fourth-order valence-corrected chi connectivity index (χ4v) is 2.41. The van der Waals surface area contributed by atoms with Gasteiger partial charge in [-0.3, -0.25) is 9.89 Å².